The minimum Gasteiger partial charge on any atom is -0.454 e. The lowest BCUT2D eigenvalue weighted by Gasteiger charge is -2.11. The quantitative estimate of drug-likeness (QED) is 0.764. The van der Waals surface area contributed by atoms with Crippen LogP contribution in [0.2, 0.25) is 0 Å². The maximum absolute atomic E-state index is 5.84. The van der Waals surface area contributed by atoms with Crippen LogP contribution in [0.1, 0.15) is 0 Å². The van der Waals surface area contributed by atoms with E-state index in [4.69, 9.17) is 10.5 Å². The summed E-state index contributed by atoms with van der Waals surface area (Å²) in [5.74, 6) is 1.34. The molecule has 0 saturated heterocycles. The summed E-state index contributed by atoms with van der Waals surface area (Å²) in [4.78, 5) is 3.94. The molecule has 0 spiro atoms. The van der Waals surface area contributed by atoms with Crippen molar-refractivity contribution >= 4 is 32.4 Å². The van der Waals surface area contributed by atoms with Gasteiger partial charge >= 0.3 is 0 Å². The van der Waals surface area contributed by atoms with Gasteiger partial charge in [0.15, 0.2) is 5.75 Å². The number of ether oxygens (including phenoxy) is 1. The van der Waals surface area contributed by atoms with Crippen molar-refractivity contribution in [1.29, 1.82) is 0 Å². The Morgan fingerprint density at radius 1 is 1.00 bits per heavy atom. The summed E-state index contributed by atoms with van der Waals surface area (Å²) in [7, 11) is 0. The molecule has 0 atom stereocenters. The van der Waals surface area contributed by atoms with Gasteiger partial charge in [-0.25, -0.2) is 0 Å². The van der Waals surface area contributed by atoms with Crippen molar-refractivity contribution in [2.24, 2.45) is 0 Å². The third-order valence-corrected chi connectivity index (χ3v) is 3.68. The number of fused-ring (bicyclic) bond motifs is 1. The van der Waals surface area contributed by atoms with Gasteiger partial charge in [-0.2, -0.15) is 0 Å². The van der Waals surface area contributed by atoms with Crippen LogP contribution in [0, 0.1) is 0 Å². The first-order valence-corrected chi connectivity index (χ1v) is 6.59. The summed E-state index contributed by atoms with van der Waals surface area (Å²) in [5.41, 5.74) is 6.34. The molecule has 3 aromatic rings. The van der Waals surface area contributed by atoms with Crippen LogP contribution >= 0.6 is 15.9 Å². The number of anilines is 1. The Morgan fingerprint density at radius 3 is 2.68 bits per heavy atom. The Balaban J connectivity index is 2.07. The van der Waals surface area contributed by atoms with Crippen molar-refractivity contribution in [3.05, 3.63) is 59.3 Å². The molecule has 1 heterocycles. The smallest absolute Gasteiger partial charge is 0.153 e. The topological polar surface area (TPSA) is 48.1 Å². The number of pyridine rings is 1. The number of hydrogen-bond acceptors (Lipinski definition) is 3. The fourth-order valence-electron chi connectivity index (χ4n) is 1.90. The fraction of sp³-hybridized carbons (Fsp3) is 0. The highest BCUT2D eigenvalue weighted by Gasteiger charge is 2.08. The molecule has 2 N–H and O–H groups in total. The number of halogens is 1. The average molecular weight is 315 g/mol. The number of benzene rings is 2. The summed E-state index contributed by atoms with van der Waals surface area (Å²) >= 11 is 3.58. The van der Waals surface area contributed by atoms with Gasteiger partial charge in [-0.3, -0.25) is 4.98 Å². The van der Waals surface area contributed by atoms with Crippen LogP contribution in [0.3, 0.4) is 0 Å². The molecule has 2 aromatic carbocycles. The third-order valence-electron chi connectivity index (χ3n) is 2.86. The minimum absolute atomic E-state index is 0.516. The summed E-state index contributed by atoms with van der Waals surface area (Å²) in [6.45, 7) is 0. The molecule has 0 aliphatic carbocycles. The number of nitrogens with zero attached hydrogens (tertiary/aromatic N) is 1. The molecule has 0 amide bonds. The van der Waals surface area contributed by atoms with Crippen LogP contribution in [-0.4, -0.2) is 4.98 Å². The van der Waals surface area contributed by atoms with Crippen LogP contribution in [0.5, 0.6) is 11.5 Å². The monoisotopic (exact) mass is 314 g/mol. The van der Waals surface area contributed by atoms with Gasteiger partial charge in [-0.15, -0.1) is 0 Å². The molecule has 94 valence electrons. The minimum atomic E-state index is 0.516. The first-order chi connectivity index (χ1) is 9.25. The lowest BCUT2D eigenvalue weighted by atomic mass is 10.1. The lowest BCUT2D eigenvalue weighted by molar-refractivity contribution is 0.482. The fourth-order valence-corrected chi connectivity index (χ4v) is 2.47. The maximum Gasteiger partial charge on any atom is 0.153 e. The molecule has 3 nitrogen and oxygen atoms in total. The zero-order valence-corrected chi connectivity index (χ0v) is 11.6. The molecule has 19 heavy (non-hydrogen) atoms. The van der Waals surface area contributed by atoms with E-state index < -0.39 is 0 Å². The van der Waals surface area contributed by atoms with Crippen LogP contribution in [-0.2, 0) is 0 Å². The number of rotatable bonds is 2. The molecule has 3 rings (SSSR count). The highest BCUT2D eigenvalue weighted by Crippen LogP contribution is 2.36. The van der Waals surface area contributed by atoms with Crippen LogP contribution in [0.25, 0.3) is 10.8 Å². The second-order valence-corrected chi connectivity index (χ2v) is 4.91. The zero-order chi connectivity index (χ0) is 13.2. The Morgan fingerprint density at radius 2 is 1.84 bits per heavy atom. The molecule has 1 aromatic heterocycles. The van der Waals surface area contributed by atoms with Gasteiger partial charge in [-0.05, 0) is 32.8 Å². The van der Waals surface area contributed by atoms with Gasteiger partial charge in [0.2, 0.25) is 0 Å². The summed E-state index contributed by atoms with van der Waals surface area (Å²) in [6.07, 6.45) is 3.23. The Hall–Kier alpha value is -2.07. The van der Waals surface area contributed by atoms with Gasteiger partial charge in [0.05, 0.1) is 16.4 Å². The third kappa shape index (κ3) is 2.27. The number of nitrogen functional groups attached to an aromatic ring is 1. The molecule has 0 unspecified atom stereocenters. The van der Waals surface area contributed by atoms with Crippen molar-refractivity contribution in [3.8, 4) is 11.5 Å². The average Bonchev–Trinajstić information content (AvgIpc) is 2.44. The maximum atomic E-state index is 5.84. The predicted molar refractivity (Wildman–Crippen MR) is 80.4 cm³/mol. The van der Waals surface area contributed by atoms with E-state index in [9.17, 15) is 0 Å². The largest absolute Gasteiger partial charge is 0.454 e. The summed E-state index contributed by atoms with van der Waals surface area (Å²) < 4.78 is 6.75. The van der Waals surface area contributed by atoms with E-state index in [-0.39, 0.29) is 0 Å². The van der Waals surface area contributed by atoms with Crippen molar-refractivity contribution in [1.82, 2.24) is 4.98 Å². The molecular formula is C15H11BrN2O. The van der Waals surface area contributed by atoms with Crippen molar-refractivity contribution < 1.29 is 4.74 Å². The molecule has 0 aliphatic heterocycles. The lowest BCUT2D eigenvalue weighted by Crippen LogP contribution is -1.93. The molecular weight excluding hydrogens is 304 g/mol. The van der Waals surface area contributed by atoms with Gasteiger partial charge < -0.3 is 10.5 Å². The standard InChI is InChI=1S/C15H11BrN2O/c16-15-11-4-2-1-3-10(11)5-6-14(15)19-13-7-8-18-9-12(13)17/h1-9H,17H2. The second kappa shape index (κ2) is 4.90. The van der Waals surface area contributed by atoms with Gasteiger partial charge in [0.1, 0.15) is 5.75 Å². The molecule has 0 bridgehead atoms. The van der Waals surface area contributed by atoms with Crippen molar-refractivity contribution in [2.45, 2.75) is 0 Å². The Labute approximate surface area is 119 Å². The first-order valence-electron chi connectivity index (χ1n) is 5.80. The van der Waals surface area contributed by atoms with Crippen LogP contribution < -0.4 is 10.5 Å². The number of hydrogen-bond donors (Lipinski definition) is 1. The van der Waals surface area contributed by atoms with E-state index in [0.717, 1.165) is 21.0 Å². The first kappa shape index (κ1) is 12.0. The van der Waals surface area contributed by atoms with E-state index in [1.165, 1.54) is 0 Å². The molecule has 0 aliphatic rings. The predicted octanol–water partition coefficient (Wildman–Crippen LogP) is 4.37. The highest BCUT2D eigenvalue weighted by atomic mass is 79.9. The molecule has 0 saturated carbocycles. The van der Waals surface area contributed by atoms with E-state index in [2.05, 4.69) is 27.0 Å². The number of aromatic nitrogens is 1. The van der Waals surface area contributed by atoms with Crippen LogP contribution in [0.4, 0.5) is 5.69 Å². The van der Waals surface area contributed by atoms with Gasteiger partial charge in [0.25, 0.3) is 0 Å². The van der Waals surface area contributed by atoms with Crippen LogP contribution in [0.15, 0.2) is 59.3 Å². The van der Waals surface area contributed by atoms with Crippen molar-refractivity contribution in [2.75, 3.05) is 5.73 Å². The summed E-state index contributed by atoms with van der Waals surface area (Å²) in [5, 5.41) is 2.26. The SMILES string of the molecule is Nc1cnccc1Oc1ccc2ccccc2c1Br. The van der Waals surface area contributed by atoms with Gasteiger partial charge in [0, 0.05) is 12.3 Å². The highest BCUT2D eigenvalue weighted by molar-refractivity contribution is 9.10. The summed E-state index contributed by atoms with van der Waals surface area (Å²) in [6, 6.07) is 13.8. The zero-order valence-electron chi connectivity index (χ0n) is 10.0. The van der Waals surface area contributed by atoms with E-state index >= 15 is 0 Å². The van der Waals surface area contributed by atoms with Gasteiger partial charge in [-0.1, -0.05) is 30.3 Å². The molecule has 0 radical (unpaired) electrons. The second-order valence-electron chi connectivity index (χ2n) is 4.11. The molecule has 0 fully saturated rings. The Kier molecular flexibility index (Phi) is 3.09. The van der Waals surface area contributed by atoms with E-state index in [0.29, 0.717) is 11.4 Å². The Bertz CT molecular complexity index is 743. The molecule has 4 heteroatoms. The van der Waals surface area contributed by atoms with E-state index in [1.54, 1.807) is 18.5 Å². The van der Waals surface area contributed by atoms with E-state index in [1.807, 2.05) is 30.3 Å². The normalized spacial score (nSPS) is 10.6. The van der Waals surface area contributed by atoms with Crippen molar-refractivity contribution in [3.63, 3.8) is 0 Å². The number of nitrogens with two attached hydrogens (primary N) is 1.